The van der Waals surface area contributed by atoms with Crippen LogP contribution in [-0.4, -0.2) is 10.8 Å². The molecular formula is C22H22N2O5. The molecular weight excluding hydrogens is 372 g/mol. The van der Waals surface area contributed by atoms with Gasteiger partial charge in [0.1, 0.15) is 12.4 Å². The molecule has 0 bridgehead atoms. The first kappa shape index (κ1) is 20.1. The molecule has 0 spiro atoms. The van der Waals surface area contributed by atoms with Crippen LogP contribution in [0.25, 0.3) is 0 Å². The molecule has 7 nitrogen and oxygen atoms in total. The summed E-state index contributed by atoms with van der Waals surface area (Å²) in [6, 6.07) is 17.2. The lowest BCUT2D eigenvalue weighted by atomic mass is 10.0. The Morgan fingerprint density at radius 3 is 2.55 bits per heavy atom. The number of aryl methyl sites for hydroxylation is 1. The summed E-state index contributed by atoms with van der Waals surface area (Å²) >= 11 is 0. The topological polar surface area (TPSA) is 94.6 Å². The number of amides is 1. The SMILES string of the molecule is CCC(NC(=O)c1ccc(COc2ccccc2[N+](=O)[O-])o1)c1ccc(C)cc1. The minimum absolute atomic E-state index is 0.0205. The predicted molar refractivity (Wildman–Crippen MR) is 108 cm³/mol. The number of para-hydroxylation sites is 2. The molecule has 0 aliphatic carbocycles. The van der Waals surface area contributed by atoms with Gasteiger partial charge in [-0.25, -0.2) is 0 Å². The Hall–Kier alpha value is -3.61. The largest absolute Gasteiger partial charge is 0.479 e. The van der Waals surface area contributed by atoms with E-state index in [-0.39, 0.29) is 35.8 Å². The van der Waals surface area contributed by atoms with Crippen LogP contribution in [0.3, 0.4) is 0 Å². The molecule has 0 saturated heterocycles. The van der Waals surface area contributed by atoms with Crippen molar-refractivity contribution in [3.05, 3.63) is 93.4 Å². The van der Waals surface area contributed by atoms with Crippen LogP contribution in [0.4, 0.5) is 5.69 Å². The Labute approximate surface area is 168 Å². The molecule has 2 aromatic carbocycles. The lowest BCUT2D eigenvalue weighted by Crippen LogP contribution is -2.27. The molecule has 0 fully saturated rings. The van der Waals surface area contributed by atoms with Crippen molar-refractivity contribution >= 4 is 11.6 Å². The molecule has 29 heavy (non-hydrogen) atoms. The Balaban J connectivity index is 1.64. The molecule has 1 heterocycles. The average Bonchev–Trinajstić information content (AvgIpc) is 3.20. The molecule has 3 rings (SSSR count). The standard InChI is InChI=1S/C22H22N2O5/c1-3-18(16-10-8-15(2)9-11-16)23-22(25)21-13-12-17(29-21)14-28-20-7-5-4-6-19(20)24(26)27/h4-13,18H,3,14H2,1-2H3,(H,23,25). The zero-order chi connectivity index (χ0) is 20.8. The summed E-state index contributed by atoms with van der Waals surface area (Å²) in [5, 5.41) is 14.0. The first-order valence-corrected chi connectivity index (χ1v) is 9.30. The maximum atomic E-state index is 12.6. The van der Waals surface area contributed by atoms with Crippen LogP contribution in [0.15, 0.2) is 65.1 Å². The van der Waals surface area contributed by atoms with E-state index in [9.17, 15) is 14.9 Å². The molecule has 1 aromatic heterocycles. The van der Waals surface area contributed by atoms with Gasteiger partial charge in [-0.3, -0.25) is 14.9 Å². The number of rotatable bonds is 8. The van der Waals surface area contributed by atoms with E-state index in [0.717, 1.165) is 17.5 Å². The van der Waals surface area contributed by atoms with Crippen molar-refractivity contribution in [2.24, 2.45) is 0 Å². The van der Waals surface area contributed by atoms with Gasteiger partial charge in [-0.05, 0) is 37.1 Å². The maximum Gasteiger partial charge on any atom is 0.310 e. The van der Waals surface area contributed by atoms with Crippen LogP contribution in [0.2, 0.25) is 0 Å². The fraction of sp³-hybridized carbons (Fsp3) is 0.227. The van der Waals surface area contributed by atoms with Crippen molar-refractivity contribution in [2.45, 2.75) is 32.9 Å². The molecule has 1 unspecified atom stereocenters. The van der Waals surface area contributed by atoms with Gasteiger partial charge < -0.3 is 14.5 Å². The average molecular weight is 394 g/mol. The minimum atomic E-state index is -0.508. The third-order valence-electron chi connectivity index (χ3n) is 4.51. The van der Waals surface area contributed by atoms with E-state index in [1.807, 2.05) is 38.1 Å². The van der Waals surface area contributed by atoms with Crippen LogP contribution in [0.1, 0.15) is 46.8 Å². The van der Waals surface area contributed by atoms with Crippen molar-refractivity contribution < 1.29 is 18.9 Å². The highest BCUT2D eigenvalue weighted by Crippen LogP contribution is 2.27. The summed E-state index contributed by atoms with van der Waals surface area (Å²) in [5.41, 5.74) is 2.06. The number of nitro groups is 1. The van der Waals surface area contributed by atoms with Gasteiger partial charge >= 0.3 is 5.69 Å². The first-order chi connectivity index (χ1) is 14.0. The molecule has 1 amide bonds. The number of carbonyl (C=O) groups excluding carboxylic acids is 1. The monoisotopic (exact) mass is 394 g/mol. The van der Waals surface area contributed by atoms with Gasteiger partial charge in [0.2, 0.25) is 0 Å². The molecule has 0 saturated carbocycles. The highest BCUT2D eigenvalue weighted by Gasteiger charge is 2.18. The summed E-state index contributed by atoms with van der Waals surface area (Å²) in [6.07, 6.45) is 0.739. The summed E-state index contributed by atoms with van der Waals surface area (Å²) in [5.74, 6) is 0.382. The number of carbonyl (C=O) groups is 1. The molecule has 0 aliphatic heterocycles. The van der Waals surface area contributed by atoms with Crippen molar-refractivity contribution in [3.63, 3.8) is 0 Å². The van der Waals surface area contributed by atoms with Gasteiger partial charge in [0.05, 0.1) is 11.0 Å². The number of nitrogens with one attached hydrogen (secondary N) is 1. The normalized spacial score (nSPS) is 11.7. The smallest absolute Gasteiger partial charge is 0.310 e. The van der Waals surface area contributed by atoms with Crippen LogP contribution < -0.4 is 10.1 Å². The van der Waals surface area contributed by atoms with E-state index in [1.54, 1.807) is 24.3 Å². The highest BCUT2D eigenvalue weighted by atomic mass is 16.6. The lowest BCUT2D eigenvalue weighted by Gasteiger charge is -2.17. The lowest BCUT2D eigenvalue weighted by molar-refractivity contribution is -0.386. The van der Waals surface area contributed by atoms with E-state index in [0.29, 0.717) is 5.76 Å². The second-order valence-electron chi connectivity index (χ2n) is 6.62. The molecule has 0 aliphatic rings. The van der Waals surface area contributed by atoms with Crippen LogP contribution in [0, 0.1) is 17.0 Å². The summed E-state index contributed by atoms with van der Waals surface area (Å²) < 4.78 is 11.1. The summed E-state index contributed by atoms with van der Waals surface area (Å²) in [7, 11) is 0. The Bertz CT molecular complexity index is 994. The van der Waals surface area contributed by atoms with E-state index in [4.69, 9.17) is 9.15 Å². The third kappa shape index (κ3) is 5.01. The Kier molecular flexibility index (Phi) is 6.29. The highest BCUT2D eigenvalue weighted by molar-refractivity contribution is 5.91. The minimum Gasteiger partial charge on any atom is -0.479 e. The zero-order valence-corrected chi connectivity index (χ0v) is 16.3. The van der Waals surface area contributed by atoms with E-state index in [2.05, 4.69) is 5.32 Å². The van der Waals surface area contributed by atoms with Crippen LogP contribution >= 0.6 is 0 Å². The third-order valence-corrected chi connectivity index (χ3v) is 4.51. The van der Waals surface area contributed by atoms with Gasteiger partial charge in [0.15, 0.2) is 11.5 Å². The zero-order valence-electron chi connectivity index (χ0n) is 16.3. The van der Waals surface area contributed by atoms with Crippen LogP contribution in [-0.2, 0) is 6.61 Å². The van der Waals surface area contributed by atoms with Crippen LogP contribution in [0.5, 0.6) is 5.75 Å². The van der Waals surface area contributed by atoms with Crippen molar-refractivity contribution in [1.29, 1.82) is 0 Å². The van der Waals surface area contributed by atoms with Gasteiger partial charge in [-0.1, -0.05) is 48.9 Å². The maximum absolute atomic E-state index is 12.6. The summed E-state index contributed by atoms with van der Waals surface area (Å²) in [4.78, 5) is 23.1. The van der Waals surface area contributed by atoms with Gasteiger partial charge in [0, 0.05) is 6.07 Å². The van der Waals surface area contributed by atoms with E-state index in [1.165, 1.54) is 12.1 Å². The first-order valence-electron chi connectivity index (χ1n) is 9.30. The molecule has 0 radical (unpaired) electrons. The molecule has 150 valence electrons. The fourth-order valence-corrected chi connectivity index (χ4v) is 2.91. The van der Waals surface area contributed by atoms with Gasteiger partial charge in [0.25, 0.3) is 5.91 Å². The Morgan fingerprint density at radius 2 is 1.86 bits per heavy atom. The Morgan fingerprint density at radius 1 is 1.14 bits per heavy atom. The molecule has 3 aromatic rings. The number of benzene rings is 2. The van der Waals surface area contributed by atoms with Crippen molar-refractivity contribution in [2.75, 3.05) is 0 Å². The molecule has 1 atom stereocenters. The number of nitrogens with zero attached hydrogens (tertiary/aromatic N) is 1. The number of furan rings is 1. The fourth-order valence-electron chi connectivity index (χ4n) is 2.91. The van der Waals surface area contributed by atoms with E-state index >= 15 is 0 Å². The molecule has 7 heteroatoms. The van der Waals surface area contributed by atoms with Crippen molar-refractivity contribution in [1.82, 2.24) is 5.32 Å². The van der Waals surface area contributed by atoms with Gasteiger partial charge in [-0.2, -0.15) is 0 Å². The summed E-state index contributed by atoms with van der Waals surface area (Å²) in [6.45, 7) is 3.99. The quantitative estimate of drug-likeness (QED) is 0.431. The number of hydrogen-bond donors (Lipinski definition) is 1. The second kappa shape index (κ2) is 9.05. The van der Waals surface area contributed by atoms with Gasteiger partial charge in [-0.15, -0.1) is 0 Å². The van der Waals surface area contributed by atoms with Crippen molar-refractivity contribution in [3.8, 4) is 5.75 Å². The second-order valence-corrected chi connectivity index (χ2v) is 6.62. The number of nitro benzene ring substituents is 1. The molecule has 1 N–H and O–H groups in total. The predicted octanol–water partition coefficient (Wildman–Crippen LogP) is 4.96. The number of hydrogen-bond acceptors (Lipinski definition) is 5. The van der Waals surface area contributed by atoms with E-state index < -0.39 is 4.92 Å². The number of ether oxygens (including phenoxy) is 1.